The summed E-state index contributed by atoms with van der Waals surface area (Å²) in [7, 11) is 0. The van der Waals surface area contributed by atoms with Crippen molar-refractivity contribution in [3.63, 3.8) is 0 Å². The fourth-order valence-electron chi connectivity index (χ4n) is 3.54. The van der Waals surface area contributed by atoms with Gasteiger partial charge in [0.1, 0.15) is 11.9 Å². The summed E-state index contributed by atoms with van der Waals surface area (Å²) in [6, 6.07) is 11.2. The second-order valence-electron chi connectivity index (χ2n) is 7.23. The summed E-state index contributed by atoms with van der Waals surface area (Å²) in [6.45, 7) is 7.75. The molecule has 158 valence electrons. The molecule has 30 heavy (non-hydrogen) atoms. The molecule has 7 nitrogen and oxygen atoms in total. The number of amides is 2. The van der Waals surface area contributed by atoms with E-state index in [1.807, 2.05) is 42.6 Å². The van der Waals surface area contributed by atoms with Crippen LogP contribution in [0.2, 0.25) is 0 Å². The zero-order valence-electron chi connectivity index (χ0n) is 17.7. The topological polar surface area (TPSA) is 90.1 Å². The molecule has 0 saturated heterocycles. The van der Waals surface area contributed by atoms with Crippen LogP contribution in [0.1, 0.15) is 31.9 Å². The molecular weight excluding hydrogens is 378 g/mol. The summed E-state index contributed by atoms with van der Waals surface area (Å²) in [5.41, 5.74) is 2.91. The Bertz CT molecular complexity index is 992. The van der Waals surface area contributed by atoms with Crippen molar-refractivity contribution in [3.05, 3.63) is 59.9 Å². The lowest BCUT2D eigenvalue weighted by molar-refractivity contribution is -0.128. The van der Waals surface area contributed by atoms with Crippen LogP contribution < -0.4 is 15.5 Å². The molecule has 0 bridgehead atoms. The monoisotopic (exact) mass is 407 g/mol. The van der Waals surface area contributed by atoms with Crippen LogP contribution >= 0.6 is 0 Å². The van der Waals surface area contributed by atoms with Crippen LogP contribution in [0, 0.1) is 0 Å². The Morgan fingerprint density at radius 1 is 1.13 bits per heavy atom. The quantitative estimate of drug-likeness (QED) is 0.509. The minimum atomic E-state index is -0.649. The van der Waals surface area contributed by atoms with Crippen LogP contribution in [0.5, 0.6) is 0 Å². The molecule has 0 spiro atoms. The average Bonchev–Trinajstić information content (AvgIpc) is 3.16. The lowest BCUT2D eigenvalue weighted by Gasteiger charge is -2.20. The van der Waals surface area contributed by atoms with Gasteiger partial charge in [0.25, 0.3) is 0 Å². The molecule has 0 aliphatic rings. The van der Waals surface area contributed by atoms with Gasteiger partial charge in [-0.3, -0.25) is 9.59 Å². The van der Waals surface area contributed by atoms with Crippen LogP contribution in [-0.4, -0.2) is 40.9 Å². The molecule has 1 aromatic carbocycles. The van der Waals surface area contributed by atoms with Gasteiger partial charge in [-0.15, -0.1) is 0 Å². The number of para-hydroxylation sites is 1. The minimum absolute atomic E-state index is 0.219. The number of fused-ring (bicyclic) bond motifs is 1. The van der Waals surface area contributed by atoms with Crippen LogP contribution in [0.15, 0.2) is 48.8 Å². The van der Waals surface area contributed by atoms with Crippen LogP contribution in [0.3, 0.4) is 0 Å². The number of hydrogen-bond donors (Lipinski definition) is 3. The molecule has 0 fully saturated rings. The third-order valence-electron chi connectivity index (χ3n) is 5.16. The van der Waals surface area contributed by atoms with Crippen molar-refractivity contribution in [1.82, 2.24) is 20.6 Å². The van der Waals surface area contributed by atoms with E-state index < -0.39 is 6.04 Å². The van der Waals surface area contributed by atoms with Crippen LogP contribution in [-0.2, 0) is 22.6 Å². The number of carbonyl (C=O) groups is 2. The van der Waals surface area contributed by atoms with Crippen molar-refractivity contribution in [2.45, 2.75) is 39.8 Å². The van der Waals surface area contributed by atoms with Gasteiger partial charge in [-0.2, -0.15) is 0 Å². The van der Waals surface area contributed by atoms with Gasteiger partial charge < -0.3 is 20.5 Å². The van der Waals surface area contributed by atoms with Crippen LogP contribution in [0.4, 0.5) is 5.82 Å². The average molecular weight is 408 g/mol. The molecule has 0 radical (unpaired) electrons. The SMILES string of the molecule is CCN(CC)c1ccc(CNC(=O)C(Cc2c[nH]c3ccccc23)NC(C)=O)cn1. The Hall–Kier alpha value is -3.35. The van der Waals surface area contributed by atoms with Gasteiger partial charge in [-0.05, 0) is 37.1 Å². The Morgan fingerprint density at radius 3 is 2.57 bits per heavy atom. The van der Waals surface area contributed by atoms with E-state index in [1.165, 1.54) is 6.92 Å². The van der Waals surface area contributed by atoms with Crippen molar-refractivity contribution in [1.29, 1.82) is 0 Å². The smallest absolute Gasteiger partial charge is 0.243 e. The first-order valence-corrected chi connectivity index (χ1v) is 10.3. The maximum absolute atomic E-state index is 12.8. The Labute approximate surface area is 176 Å². The summed E-state index contributed by atoms with van der Waals surface area (Å²) in [5.74, 6) is 0.467. The molecule has 1 atom stereocenters. The van der Waals surface area contributed by atoms with Crippen molar-refractivity contribution in [2.24, 2.45) is 0 Å². The number of benzene rings is 1. The fraction of sp³-hybridized carbons (Fsp3) is 0.348. The van der Waals surface area contributed by atoms with E-state index >= 15 is 0 Å². The van der Waals surface area contributed by atoms with E-state index in [0.717, 1.165) is 40.9 Å². The highest BCUT2D eigenvalue weighted by molar-refractivity contribution is 5.89. The first kappa shape index (κ1) is 21.4. The number of rotatable bonds is 9. The third kappa shape index (κ3) is 5.17. The Kier molecular flexibility index (Phi) is 7.06. The number of carbonyl (C=O) groups excluding carboxylic acids is 2. The number of aromatic nitrogens is 2. The summed E-state index contributed by atoms with van der Waals surface area (Å²) in [4.78, 5) is 34.3. The van der Waals surface area contributed by atoms with Gasteiger partial charge in [-0.1, -0.05) is 24.3 Å². The molecule has 3 aromatic rings. The molecule has 0 aliphatic heterocycles. The number of H-pyrrole nitrogens is 1. The highest BCUT2D eigenvalue weighted by atomic mass is 16.2. The van der Waals surface area contributed by atoms with Gasteiger partial charge in [0.15, 0.2) is 0 Å². The van der Waals surface area contributed by atoms with E-state index in [-0.39, 0.29) is 11.8 Å². The number of pyridine rings is 1. The molecule has 1 unspecified atom stereocenters. The van der Waals surface area contributed by atoms with Crippen molar-refractivity contribution >= 4 is 28.5 Å². The maximum Gasteiger partial charge on any atom is 0.243 e. The van der Waals surface area contributed by atoms with E-state index in [2.05, 4.69) is 39.3 Å². The van der Waals surface area contributed by atoms with Crippen molar-refractivity contribution < 1.29 is 9.59 Å². The standard InChI is InChI=1S/C23H29N5O2/c1-4-28(5-2)22-11-10-17(13-25-22)14-26-23(30)21(27-16(3)29)12-18-15-24-20-9-7-6-8-19(18)20/h6-11,13,15,21,24H,4-5,12,14H2,1-3H3,(H,26,30)(H,27,29). The van der Waals surface area contributed by atoms with Gasteiger partial charge >= 0.3 is 0 Å². The number of nitrogens with one attached hydrogen (secondary N) is 3. The normalized spacial score (nSPS) is 11.8. The Morgan fingerprint density at radius 2 is 1.90 bits per heavy atom. The third-order valence-corrected chi connectivity index (χ3v) is 5.16. The lowest BCUT2D eigenvalue weighted by Crippen LogP contribution is -2.47. The van der Waals surface area contributed by atoms with Crippen LogP contribution in [0.25, 0.3) is 10.9 Å². The molecule has 0 saturated carbocycles. The van der Waals surface area contributed by atoms with E-state index in [1.54, 1.807) is 6.20 Å². The molecule has 7 heteroatoms. The van der Waals surface area contributed by atoms with Crippen molar-refractivity contribution in [3.8, 4) is 0 Å². The number of aromatic amines is 1. The Balaban J connectivity index is 1.66. The lowest BCUT2D eigenvalue weighted by atomic mass is 10.0. The number of hydrogen-bond acceptors (Lipinski definition) is 4. The maximum atomic E-state index is 12.8. The number of anilines is 1. The molecule has 2 amide bonds. The molecule has 0 aliphatic carbocycles. The minimum Gasteiger partial charge on any atom is -0.361 e. The fourth-order valence-corrected chi connectivity index (χ4v) is 3.54. The molecule has 3 rings (SSSR count). The molecular formula is C23H29N5O2. The first-order chi connectivity index (χ1) is 14.5. The van der Waals surface area contributed by atoms with Gasteiger partial charge in [0, 0.05) is 56.3 Å². The van der Waals surface area contributed by atoms with Crippen molar-refractivity contribution in [2.75, 3.05) is 18.0 Å². The first-order valence-electron chi connectivity index (χ1n) is 10.3. The summed E-state index contributed by atoms with van der Waals surface area (Å²) in [6.07, 6.45) is 4.08. The highest BCUT2D eigenvalue weighted by Crippen LogP contribution is 2.19. The summed E-state index contributed by atoms with van der Waals surface area (Å²) < 4.78 is 0. The zero-order chi connectivity index (χ0) is 21.5. The highest BCUT2D eigenvalue weighted by Gasteiger charge is 2.21. The largest absolute Gasteiger partial charge is 0.361 e. The second kappa shape index (κ2) is 9.91. The molecule has 3 N–H and O–H groups in total. The molecule has 2 aromatic heterocycles. The zero-order valence-corrected chi connectivity index (χ0v) is 17.7. The second-order valence-corrected chi connectivity index (χ2v) is 7.23. The predicted octanol–water partition coefficient (Wildman–Crippen LogP) is 2.77. The van der Waals surface area contributed by atoms with E-state index in [0.29, 0.717) is 13.0 Å². The predicted molar refractivity (Wildman–Crippen MR) is 119 cm³/mol. The van der Waals surface area contributed by atoms with Gasteiger partial charge in [0.05, 0.1) is 0 Å². The summed E-state index contributed by atoms with van der Waals surface area (Å²) >= 11 is 0. The number of nitrogens with zero attached hydrogens (tertiary/aromatic N) is 2. The van der Waals surface area contributed by atoms with Gasteiger partial charge in [-0.25, -0.2) is 4.98 Å². The van der Waals surface area contributed by atoms with Gasteiger partial charge in [0.2, 0.25) is 11.8 Å². The van der Waals surface area contributed by atoms with E-state index in [9.17, 15) is 9.59 Å². The van der Waals surface area contributed by atoms with E-state index in [4.69, 9.17) is 0 Å². The summed E-state index contributed by atoms with van der Waals surface area (Å²) in [5, 5.41) is 6.75. The molecule has 2 heterocycles.